The van der Waals surface area contributed by atoms with Crippen LogP contribution in [0.1, 0.15) is 0 Å². The first-order valence-corrected chi connectivity index (χ1v) is 5.48. The number of alkyl halides is 3. The second-order valence-corrected chi connectivity index (χ2v) is 4.46. The van der Waals surface area contributed by atoms with Gasteiger partial charge in [-0.3, -0.25) is 0 Å². The number of rotatable bonds is 3. The largest absolute Gasteiger partial charge is 0.417 e. The van der Waals surface area contributed by atoms with Gasteiger partial charge in [-0.1, -0.05) is 24.1 Å². The number of nitrogens with two attached hydrogens (primary N) is 1. The van der Waals surface area contributed by atoms with Crippen molar-refractivity contribution >= 4 is 28.0 Å². The Morgan fingerprint density at radius 2 is 1.93 bits per heavy atom. The van der Waals surface area contributed by atoms with Gasteiger partial charge in [0.1, 0.15) is 0 Å². The van der Waals surface area contributed by atoms with Crippen LogP contribution >= 0.6 is 22.1 Å². The van der Waals surface area contributed by atoms with Gasteiger partial charge in [-0.05, 0) is 6.26 Å². The Bertz CT molecular complexity index is 296. The van der Waals surface area contributed by atoms with Crippen LogP contribution in [0.4, 0.5) is 13.2 Å². The molecule has 1 atom stereocenters. The molecule has 1 unspecified atom stereocenters. The predicted octanol–water partition coefficient (Wildman–Crippen LogP) is 2.31. The molecule has 0 saturated carbocycles. The molecule has 0 fully saturated rings. The number of nitrogens with one attached hydrogen (secondary N) is 1. The third-order valence-corrected chi connectivity index (χ3v) is 2.83. The van der Waals surface area contributed by atoms with Crippen LogP contribution in [0.15, 0.2) is 22.2 Å². The molecule has 14 heavy (non-hydrogen) atoms. The van der Waals surface area contributed by atoms with Crippen molar-refractivity contribution in [1.82, 2.24) is 5.43 Å². The fraction of sp³-hybridized carbons (Fsp3) is 0.286. The Hall–Kier alpha value is -0.460. The van der Waals surface area contributed by atoms with E-state index < -0.39 is 27.3 Å². The van der Waals surface area contributed by atoms with Gasteiger partial charge in [-0.25, -0.2) is 5.84 Å². The van der Waals surface area contributed by atoms with Gasteiger partial charge < -0.3 is 5.43 Å². The maximum atomic E-state index is 12.2. The Kier molecular flexibility index (Phi) is 4.70. The lowest BCUT2D eigenvalue weighted by Crippen LogP contribution is -2.23. The molecule has 0 aromatic heterocycles. The van der Waals surface area contributed by atoms with E-state index in [1.807, 2.05) is 0 Å². The molecule has 0 aliphatic rings. The summed E-state index contributed by atoms with van der Waals surface area (Å²) in [5.41, 5.74) is 0.961. The second-order valence-electron chi connectivity index (χ2n) is 2.40. The zero-order valence-electron chi connectivity index (χ0n) is 7.41. The van der Waals surface area contributed by atoms with Gasteiger partial charge in [-0.2, -0.15) is 13.2 Å². The highest BCUT2D eigenvalue weighted by Gasteiger charge is 2.35. The molecule has 0 aliphatic carbocycles. The first-order chi connectivity index (χ1) is 6.21. The number of hydrazine groups is 1. The van der Waals surface area contributed by atoms with Crippen LogP contribution in [-0.2, 0) is 0 Å². The third-order valence-electron chi connectivity index (χ3n) is 1.29. The summed E-state index contributed by atoms with van der Waals surface area (Å²) in [6, 6.07) is 0. The van der Waals surface area contributed by atoms with Crippen molar-refractivity contribution in [1.29, 1.82) is 0 Å². The van der Waals surface area contributed by atoms with E-state index in [9.17, 15) is 13.2 Å². The summed E-state index contributed by atoms with van der Waals surface area (Å²) < 4.78 is 36.5. The van der Waals surface area contributed by atoms with Gasteiger partial charge in [0.25, 0.3) is 0 Å². The van der Waals surface area contributed by atoms with Crippen molar-refractivity contribution < 1.29 is 13.2 Å². The highest BCUT2D eigenvalue weighted by molar-refractivity contribution is 8.16. The topological polar surface area (TPSA) is 38.0 Å². The zero-order valence-corrected chi connectivity index (χ0v) is 8.98. The summed E-state index contributed by atoms with van der Waals surface area (Å²) in [6.07, 6.45) is -2.97. The summed E-state index contributed by atoms with van der Waals surface area (Å²) in [6.45, 7) is 2.84. The van der Waals surface area contributed by atoms with Crippen LogP contribution in [0.2, 0.25) is 0 Å². The third kappa shape index (κ3) is 3.36. The fourth-order valence-corrected chi connectivity index (χ4v) is 1.77. The van der Waals surface area contributed by atoms with E-state index in [2.05, 4.69) is 17.9 Å². The van der Waals surface area contributed by atoms with Crippen LogP contribution in [-0.4, -0.2) is 18.3 Å². The monoisotopic (exact) mass is 246 g/mol. The van der Waals surface area contributed by atoms with Crippen molar-refractivity contribution in [2.45, 2.75) is 6.18 Å². The van der Waals surface area contributed by atoms with E-state index in [1.165, 1.54) is 0 Å². The molecule has 0 saturated heterocycles. The van der Waals surface area contributed by atoms with Crippen molar-refractivity contribution in [2.24, 2.45) is 5.84 Å². The van der Waals surface area contributed by atoms with Gasteiger partial charge >= 0.3 is 6.18 Å². The Labute approximate surface area is 87.5 Å². The molecule has 0 aromatic carbocycles. The Balaban J connectivity index is 5.18. The average molecular weight is 247 g/mol. The maximum Gasteiger partial charge on any atom is 0.417 e. The maximum absolute atomic E-state index is 12.2. The van der Waals surface area contributed by atoms with Gasteiger partial charge in [0, 0.05) is 0 Å². The number of halogens is 4. The van der Waals surface area contributed by atoms with E-state index in [-0.39, 0.29) is 5.03 Å². The molecule has 0 amide bonds. The minimum absolute atomic E-state index is 0.0361. The quantitative estimate of drug-likeness (QED) is 0.347. The van der Waals surface area contributed by atoms with Gasteiger partial charge in [-0.15, -0.1) is 10.5 Å². The molecule has 0 radical (unpaired) electrons. The number of allylic oxidation sites excluding steroid dienone is 2. The first-order valence-electron chi connectivity index (χ1n) is 3.30. The van der Waals surface area contributed by atoms with E-state index >= 15 is 0 Å². The molecule has 7 heteroatoms. The van der Waals surface area contributed by atoms with E-state index in [0.29, 0.717) is 0 Å². The minimum Gasteiger partial charge on any atom is -0.318 e. The van der Waals surface area contributed by atoms with Crippen LogP contribution in [0, 0.1) is 0 Å². The number of hydrogen-bond acceptors (Lipinski definition) is 2. The molecule has 0 aromatic rings. The van der Waals surface area contributed by atoms with Gasteiger partial charge in [0.2, 0.25) is 0 Å². The summed E-state index contributed by atoms with van der Waals surface area (Å²) in [5.74, 6) is 8.55. The molecule has 82 valence electrons. The average Bonchev–Trinajstić information content (AvgIpc) is 2.01. The van der Waals surface area contributed by atoms with Crippen LogP contribution in [0.25, 0.3) is 0 Å². The SMILES string of the molecule is C=C(/C(Cl)=C(\NN)S(=C)C)C(F)(F)F. The highest BCUT2D eigenvalue weighted by atomic mass is 35.5. The number of hydrogen-bond donors (Lipinski definition) is 2. The Morgan fingerprint density at radius 3 is 2.14 bits per heavy atom. The minimum atomic E-state index is -4.56. The lowest BCUT2D eigenvalue weighted by molar-refractivity contribution is -0.0883. The standard InChI is InChI=1S/C7H10ClF3N2S/c1-4(7(9,10)11)5(8)6(13-12)14(2)3/h13H,1-2,12H2,3H3/b6-5-. The van der Waals surface area contributed by atoms with E-state index in [1.54, 1.807) is 6.26 Å². The van der Waals surface area contributed by atoms with Crippen molar-refractivity contribution in [3.63, 3.8) is 0 Å². The van der Waals surface area contributed by atoms with Gasteiger partial charge in [0.15, 0.2) is 0 Å². The molecular weight excluding hydrogens is 237 g/mol. The summed E-state index contributed by atoms with van der Waals surface area (Å²) in [4.78, 5) is 0. The van der Waals surface area contributed by atoms with E-state index in [0.717, 1.165) is 0 Å². The molecule has 0 heterocycles. The Morgan fingerprint density at radius 1 is 1.50 bits per heavy atom. The summed E-state index contributed by atoms with van der Waals surface area (Å²) in [5, 5.41) is -0.491. The molecule has 0 rings (SSSR count). The molecule has 0 aliphatic heterocycles. The summed E-state index contributed by atoms with van der Waals surface area (Å²) >= 11 is 5.46. The van der Waals surface area contributed by atoms with Crippen LogP contribution < -0.4 is 11.3 Å². The molecular formula is C7H10ClF3N2S. The summed E-state index contributed by atoms with van der Waals surface area (Å²) in [7, 11) is -0.738. The predicted molar refractivity (Wildman–Crippen MR) is 56.0 cm³/mol. The smallest absolute Gasteiger partial charge is 0.318 e. The normalized spacial score (nSPS) is 15.9. The highest BCUT2D eigenvalue weighted by Crippen LogP contribution is 2.35. The fourth-order valence-electron chi connectivity index (χ4n) is 0.578. The first kappa shape index (κ1) is 13.5. The van der Waals surface area contributed by atoms with Crippen LogP contribution in [0.5, 0.6) is 0 Å². The lowest BCUT2D eigenvalue weighted by atomic mass is 10.3. The zero-order chi connectivity index (χ0) is 11.5. The second kappa shape index (κ2) is 4.86. The van der Waals surface area contributed by atoms with Crippen molar-refractivity contribution in [3.8, 4) is 0 Å². The lowest BCUT2D eigenvalue weighted by Gasteiger charge is -2.14. The molecule has 3 N–H and O–H groups in total. The van der Waals surface area contributed by atoms with E-state index in [4.69, 9.17) is 17.4 Å². The molecule has 0 spiro atoms. The van der Waals surface area contributed by atoms with Gasteiger partial charge in [0.05, 0.1) is 15.6 Å². The van der Waals surface area contributed by atoms with Crippen molar-refractivity contribution in [3.05, 3.63) is 22.2 Å². The van der Waals surface area contributed by atoms with Crippen LogP contribution in [0.3, 0.4) is 0 Å². The molecule has 0 bridgehead atoms. The molecule has 2 nitrogen and oxygen atoms in total. The van der Waals surface area contributed by atoms with Crippen molar-refractivity contribution in [2.75, 3.05) is 6.26 Å².